The zero-order chi connectivity index (χ0) is 16.8. The normalized spacial score (nSPS) is 11.9. The van der Waals surface area contributed by atoms with Crippen molar-refractivity contribution >= 4 is 20.9 Å². The first kappa shape index (κ1) is 15.3. The first-order chi connectivity index (χ1) is 10.8. The van der Waals surface area contributed by atoms with Crippen LogP contribution in [-0.2, 0) is 16.4 Å². The Labute approximate surface area is 131 Å². The lowest BCUT2D eigenvalue weighted by molar-refractivity contribution is 0.552. The van der Waals surface area contributed by atoms with Gasteiger partial charge in [0.25, 0.3) is 5.56 Å². The lowest BCUT2D eigenvalue weighted by Gasteiger charge is -2.08. The van der Waals surface area contributed by atoms with Gasteiger partial charge in [-0.15, -0.1) is 0 Å². The van der Waals surface area contributed by atoms with E-state index in [1.807, 2.05) is 0 Å². The van der Waals surface area contributed by atoms with Gasteiger partial charge in [0, 0.05) is 18.0 Å². The van der Waals surface area contributed by atoms with Crippen molar-refractivity contribution in [1.82, 2.24) is 9.55 Å². The van der Waals surface area contributed by atoms with E-state index in [9.17, 15) is 18.0 Å². The number of hydrogen-bond acceptors (Lipinski definition) is 5. The number of benzene rings is 1. The summed E-state index contributed by atoms with van der Waals surface area (Å²) < 4.78 is 29.3. The van der Waals surface area contributed by atoms with Crippen molar-refractivity contribution in [3.8, 4) is 0 Å². The minimum absolute atomic E-state index is 0.128. The summed E-state index contributed by atoms with van der Waals surface area (Å²) in [5.74, 6) is -0.671. The lowest BCUT2D eigenvalue weighted by Crippen LogP contribution is -2.21. The van der Waals surface area contributed by atoms with E-state index in [1.165, 1.54) is 16.7 Å². The maximum Gasteiger partial charge on any atom is 0.417 e. The summed E-state index contributed by atoms with van der Waals surface area (Å²) >= 11 is 0. The van der Waals surface area contributed by atoms with E-state index in [0.29, 0.717) is 5.56 Å². The summed E-state index contributed by atoms with van der Waals surface area (Å²) in [6.45, 7) is 1.99. The highest BCUT2D eigenvalue weighted by atomic mass is 32.2. The molecule has 0 atom stereocenters. The van der Waals surface area contributed by atoms with Crippen LogP contribution in [0.25, 0.3) is 11.1 Å². The summed E-state index contributed by atoms with van der Waals surface area (Å²) in [5.41, 5.74) is 1.44. The van der Waals surface area contributed by atoms with Crippen molar-refractivity contribution in [2.24, 2.45) is 0 Å². The summed E-state index contributed by atoms with van der Waals surface area (Å²) in [5, 5.41) is 0. The second kappa shape index (κ2) is 5.24. The zero-order valence-corrected chi connectivity index (χ0v) is 13.3. The molecule has 0 unspecified atom stereocenters. The number of fused-ring (bicyclic) bond motifs is 1. The van der Waals surface area contributed by atoms with Crippen molar-refractivity contribution in [2.75, 3.05) is 6.26 Å². The van der Waals surface area contributed by atoms with Crippen LogP contribution in [-0.4, -0.2) is 24.2 Å². The molecule has 0 saturated heterocycles. The molecule has 0 aliphatic rings. The van der Waals surface area contributed by atoms with Crippen LogP contribution in [0, 0.1) is 6.92 Å². The molecule has 2 heterocycles. The SMILES string of the molecule is Cc1cn(Cc2ccc(S(C)(=O)=O)cc2)c(=O)c2[nH]c(=O)oc12. The molecule has 23 heavy (non-hydrogen) atoms. The third-order valence-electron chi connectivity index (χ3n) is 3.54. The van der Waals surface area contributed by atoms with Crippen LogP contribution in [0.2, 0.25) is 0 Å². The van der Waals surface area contributed by atoms with Crippen LogP contribution >= 0.6 is 0 Å². The van der Waals surface area contributed by atoms with Gasteiger partial charge in [0.1, 0.15) is 0 Å². The molecule has 120 valence electrons. The van der Waals surface area contributed by atoms with Crippen LogP contribution in [0.15, 0.2) is 49.4 Å². The van der Waals surface area contributed by atoms with E-state index < -0.39 is 15.6 Å². The fourth-order valence-electron chi connectivity index (χ4n) is 2.41. The van der Waals surface area contributed by atoms with Crippen molar-refractivity contribution in [3.05, 3.63) is 62.5 Å². The van der Waals surface area contributed by atoms with E-state index in [-0.39, 0.29) is 28.1 Å². The average molecular weight is 334 g/mol. The summed E-state index contributed by atoms with van der Waals surface area (Å²) in [6.07, 6.45) is 2.74. The second-order valence-corrected chi connectivity index (χ2v) is 7.40. The molecule has 3 rings (SSSR count). The largest absolute Gasteiger partial charge is 0.417 e. The molecule has 0 amide bonds. The number of sulfone groups is 1. The van der Waals surface area contributed by atoms with E-state index in [0.717, 1.165) is 11.8 Å². The smallest absolute Gasteiger partial charge is 0.407 e. The van der Waals surface area contributed by atoms with Crippen molar-refractivity contribution < 1.29 is 12.8 Å². The number of aryl methyl sites for hydroxylation is 1. The summed E-state index contributed by atoms with van der Waals surface area (Å²) in [7, 11) is -3.25. The van der Waals surface area contributed by atoms with Crippen molar-refractivity contribution in [1.29, 1.82) is 0 Å². The van der Waals surface area contributed by atoms with Gasteiger partial charge in [-0.2, -0.15) is 0 Å². The fraction of sp³-hybridized carbons (Fsp3) is 0.200. The van der Waals surface area contributed by atoms with Gasteiger partial charge in [-0.3, -0.25) is 9.78 Å². The molecule has 0 fully saturated rings. The highest BCUT2D eigenvalue weighted by Crippen LogP contribution is 2.14. The Bertz CT molecular complexity index is 1100. The second-order valence-electron chi connectivity index (χ2n) is 5.38. The Morgan fingerprint density at radius 2 is 1.83 bits per heavy atom. The summed E-state index contributed by atoms with van der Waals surface area (Å²) in [6, 6.07) is 6.31. The first-order valence-corrected chi connectivity index (χ1v) is 8.67. The minimum atomic E-state index is -3.25. The number of aromatic amines is 1. The molecule has 8 heteroatoms. The molecule has 1 N–H and O–H groups in total. The van der Waals surface area contributed by atoms with Gasteiger partial charge in [0.05, 0.1) is 11.4 Å². The van der Waals surface area contributed by atoms with Crippen LogP contribution in [0.1, 0.15) is 11.1 Å². The van der Waals surface area contributed by atoms with Gasteiger partial charge in [-0.05, 0) is 24.6 Å². The van der Waals surface area contributed by atoms with Gasteiger partial charge in [0.15, 0.2) is 20.9 Å². The number of oxazole rings is 1. The van der Waals surface area contributed by atoms with Gasteiger partial charge in [-0.25, -0.2) is 13.2 Å². The van der Waals surface area contributed by atoms with E-state index in [4.69, 9.17) is 4.42 Å². The molecular weight excluding hydrogens is 320 g/mol. The molecule has 2 aromatic heterocycles. The number of nitrogens with zero attached hydrogens (tertiary/aromatic N) is 1. The standard InChI is InChI=1S/C15H14N2O5S/c1-9-7-17(14(18)12-13(9)22-15(19)16-12)8-10-3-5-11(6-4-10)23(2,20)21/h3-7H,8H2,1-2H3,(H,16,19). The predicted molar refractivity (Wildman–Crippen MR) is 84.5 cm³/mol. The first-order valence-electron chi connectivity index (χ1n) is 6.77. The third-order valence-corrected chi connectivity index (χ3v) is 4.66. The van der Waals surface area contributed by atoms with Gasteiger partial charge < -0.3 is 8.98 Å². The Morgan fingerprint density at radius 1 is 1.17 bits per heavy atom. The third kappa shape index (κ3) is 2.85. The Balaban J connectivity index is 2.03. The van der Waals surface area contributed by atoms with E-state index in [2.05, 4.69) is 4.98 Å². The molecule has 0 aliphatic carbocycles. The van der Waals surface area contributed by atoms with E-state index in [1.54, 1.807) is 25.3 Å². The van der Waals surface area contributed by atoms with Crippen LogP contribution in [0.4, 0.5) is 0 Å². The number of aromatic nitrogens is 2. The highest BCUT2D eigenvalue weighted by Gasteiger charge is 2.12. The molecule has 3 aromatic rings. The van der Waals surface area contributed by atoms with Crippen LogP contribution in [0.5, 0.6) is 0 Å². The molecule has 0 saturated carbocycles. The molecule has 0 bridgehead atoms. The van der Waals surface area contributed by atoms with Gasteiger partial charge in [0.2, 0.25) is 0 Å². The number of hydrogen-bond donors (Lipinski definition) is 1. The molecule has 0 radical (unpaired) electrons. The van der Waals surface area contributed by atoms with Crippen molar-refractivity contribution in [3.63, 3.8) is 0 Å². The van der Waals surface area contributed by atoms with E-state index >= 15 is 0 Å². The summed E-state index contributed by atoms with van der Waals surface area (Å²) in [4.78, 5) is 26.2. The topological polar surface area (TPSA) is 102 Å². The number of pyridine rings is 1. The number of nitrogens with one attached hydrogen (secondary N) is 1. The highest BCUT2D eigenvalue weighted by molar-refractivity contribution is 7.90. The van der Waals surface area contributed by atoms with Gasteiger partial charge in [-0.1, -0.05) is 12.1 Å². The monoisotopic (exact) mass is 334 g/mol. The molecule has 0 aliphatic heterocycles. The van der Waals surface area contributed by atoms with Crippen molar-refractivity contribution in [2.45, 2.75) is 18.4 Å². The number of rotatable bonds is 3. The predicted octanol–water partition coefficient (Wildman–Crippen LogP) is 1.04. The van der Waals surface area contributed by atoms with Gasteiger partial charge >= 0.3 is 5.76 Å². The lowest BCUT2D eigenvalue weighted by atomic mass is 10.2. The van der Waals surface area contributed by atoms with Crippen LogP contribution < -0.4 is 11.3 Å². The Hall–Kier alpha value is -2.61. The zero-order valence-electron chi connectivity index (χ0n) is 12.5. The number of H-pyrrole nitrogens is 1. The van der Waals surface area contributed by atoms with Crippen LogP contribution in [0.3, 0.4) is 0 Å². The fourth-order valence-corrected chi connectivity index (χ4v) is 3.04. The maximum atomic E-state index is 12.4. The Morgan fingerprint density at radius 3 is 2.43 bits per heavy atom. The maximum absolute atomic E-state index is 12.4. The quantitative estimate of drug-likeness (QED) is 0.771. The molecule has 1 aromatic carbocycles. The Kier molecular flexibility index (Phi) is 3.48. The average Bonchev–Trinajstić information content (AvgIpc) is 2.87. The molecular formula is C15H14N2O5S. The minimum Gasteiger partial charge on any atom is -0.407 e. The molecule has 7 nitrogen and oxygen atoms in total. The molecule has 0 spiro atoms.